The van der Waals surface area contributed by atoms with Crippen LogP contribution in [0.4, 0.5) is 8.78 Å². The smallest absolute Gasteiger partial charge is 0.167 e. The van der Waals surface area contributed by atoms with E-state index in [2.05, 4.69) is 6.07 Å². The minimum atomic E-state index is -0.738. The van der Waals surface area contributed by atoms with Gasteiger partial charge in [-0.25, -0.2) is 8.78 Å². The molecule has 2 aromatic rings. The number of ether oxygens (including phenoxy) is 1. The molecule has 0 heterocycles. The van der Waals surface area contributed by atoms with Gasteiger partial charge in [0, 0.05) is 12.5 Å². The molecule has 2 nitrogen and oxygen atoms in total. The zero-order valence-corrected chi connectivity index (χ0v) is 10.7. The van der Waals surface area contributed by atoms with Crippen LogP contribution >= 0.6 is 0 Å². The van der Waals surface area contributed by atoms with Crippen molar-refractivity contribution >= 4 is 0 Å². The quantitative estimate of drug-likeness (QED) is 0.823. The molecule has 0 saturated heterocycles. The molecule has 0 bridgehead atoms. The van der Waals surface area contributed by atoms with Crippen molar-refractivity contribution in [3.05, 3.63) is 65.7 Å². The van der Waals surface area contributed by atoms with Gasteiger partial charge < -0.3 is 4.74 Å². The van der Waals surface area contributed by atoms with Gasteiger partial charge in [0.05, 0.1) is 18.6 Å². The molecule has 0 aliphatic heterocycles. The summed E-state index contributed by atoms with van der Waals surface area (Å²) >= 11 is 0. The van der Waals surface area contributed by atoms with Crippen molar-refractivity contribution in [3.63, 3.8) is 0 Å². The summed E-state index contributed by atoms with van der Waals surface area (Å²) in [5.41, 5.74) is 0.901. The highest BCUT2D eigenvalue weighted by Crippen LogP contribution is 2.21. The number of hydrogen-bond donors (Lipinski definition) is 0. The van der Waals surface area contributed by atoms with E-state index in [-0.39, 0.29) is 18.3 Å². The summed E-state index contributed by atoms with van der Waals surface area (Å²) in [5.74, 6) is -1.69. The number of rotatable bonds is 5. The molecule has 0 aromatic heterocycles. The van der Waals surface area contributed by atoms with Crippen LogP contribution < -0.4 is 4.74 Å². The average molecular weight is 273 g/mol. The first kappa shape index (κ1) is 14.0. The maximum Gasteiger partial charge on any atom is 0.167 e. The van der Waals surface area contributed by atoms with Crippen molar-refractivity contribution in [1.29, 1.82) is 5.26 Å². The molecular weight excluding hydrogens is 260 g/mol. The molecule has 0 aliphatic rings. The third-order valence-corrected chi connectivity index (χ3v) is 2.92. The van der Waals surface area contributed by atoms with Crippen LogP contribution in [0.15, 0.2) is 48.5 Å². The minimum absolute atomic E-state index is 0.00356. The highest BCUT2D eigenvalue weighted by Gasteiger charge is 2.11. The molecule has 20 heavy (non-hydrogen) atoms. The monoisotopic (exact) mass is 273 g/mol. The van der Waals surface area contributed by atoms with Crippen LogP contribution in [0.2, 0.25) is 0 Å². The first-order chi connectivity index (χ1) is 9.70. The summed E-state index contributed by atoms with van der Waals surface area (Å²) < 4.78 is 31.3. The summed E-state index contributed by atoms with van der Waals surface area (Å²) in [6.07, 6.45) is 0.442. The lowest BCUT2D eigenvalue weighted by Gasteiger charge is -2.11. The van der Waals surface area contributed by atoms with Gasteiger partial charge in [0.15, 0.2) is 11.6 Å². The van der Waals surface area contributed by atoms with E-state index in [1.54, 1.807) is 0 Å². The molecule has 0 saturated carbocycles. The Morgan fingerprint density at radius 2 is 1.85 bits per heavy atom. The lowest BCUT2D eigenvalue weighted by atomic mass is 9.98. The maximum absolute atomic E-state index is 13.3. The molecule has 0 fully saturated rings. The Morgan fingerprint density at radius 3 is 2.50 bits per heavy atom. The Hall–Kier alpha value is -2.41. The van der Waals surface area contributed by atoms with Gasteiger partial charge in [0.25, 0.3) is 0 Å². The molecule has 0 radical (unpaired) electrons. The SMILES string of the molecule is N#CC(CCOc1ccc(F)cc1F)c1ccccc1. The fourth-order valence-corrected chi connectivity index (χ4v) is 1.87. The highest BCUT2D eigenvalue weighted by atomic mass is 19.1. The number of halogens is 2. The zero-order chi connectivity index (χ0) is 14.4. The fourth-order valence-electron chi connectivity index (χ4n) is 1.87. The average Bonchev–Trinajstić information content (AvgIpc) is 2.46. The first-order valence-electron chi connectivity index (χ1n) is 6.23. The molecule has 102 valence electrons. The van der Waals surface area contributed by atoms with E-state index in [4.69, 9.17) is 10.00 Å². The van der Waals surface area contributed by atoms with Gasteiger partial charge in [-0.3, -0.25) is 0 Å². The Labute approximate surface area is 116 Å². The van der Waals surface area contributed by atoms with E-state index in [1.807, 2.05) is 30.3 Å². The van der Waals surface area contributed by atoms with E-state index in [9.17, 15) is 8.78 Å². The number of nitriles is 1. The van der Waals surface area contributed by atoms with Crippen LogP contribution in [-0.2, 0) is 0 Å². The molecule has 0 N–H and O–H groups in total. The molecule has 1 unspecified atom stereocenters. The summed E-state index contributed by atoms with van der Waals surface area (Å²) in [5, 5.41) is 9.14. The third-order valence-electron chi connectivity index (χ3n) is 2.92. The summed E-state index contributed by atoms with van der Waals surface area (Å²) in [4.78, 5) is 0. The van der Waals surface area contributed by atoms with Crippen LogP contribution in [0, 0.1) is 23.0 Å². The largest absolute Gasteiger partial charge is 0.490 e. The van der Waals surface area contributed by atoms with E-state index < -0.39 is 11.6 Å². The predicted molar refractivity (Wildman–Crippen MR) is 71.3 cm³/mol. The van der Waals surface area contributed by atoms with Crippen molar-refractivity contribution in [1.82, 2.24) is 0 Å². The predicted octanol–water partition coefficient (Wildman–Crippen LogP) is 4.04. The number of benzene rings is 2. The normalized spacial score (nSPS) is 11.7. The van der Waals surface area contributed by atoms with Crippen LogP contribution in [0.3, 0.4) is 0 Å². The lowest BCUT2D eigenvalue weighted by molar-refractivity contribution is 0.290. The van der Waals surface area contributed by atoms with Gasteiger partial charge in [0.2, 0.25) is 0 Å². The van der Waals surface area contributed by atoms with Gasteiger partial charge in [-0.2, -0.15) is 5.26 Å². The molecule has 1 atom stereocenters. The van der Waals surface area contributed by atoms with Crippen molar-refractivity contribution in [3.8, 4) is 11.8 Å². The van der Waals surface area contributed by atoms with Gasteiger partial charge >= 0.3 is 0 Å². The minimum Gasteiger partial charge on any atom is -0.490 e. The second-order valence-electron chi connectivity index (χ2n) is 4.30. The maximum atomic E-state index is 13.3. The zero-order valence-electron chi connectivity index (χ0n) is 10.7. The van der Waals surface area contributed by atoms with E-state index >= 15 is 0 Å². The van der Waals surface area contributed by atoms with Crippen molar-refractivity contribution in [2.24, 2.45) is 0 Å². The van der Waals surface area contributed by atoms with Gasteiger partial charge in [-0.15, -0.1) is 0 Å². The van der Waals surface area contributed by atoms with Gasteiger partial charge in [-0.1, -0.05) is 30.3 Å². The first-order valence-corrected chi connectivity index (χ1v) is 6.23. The number of nitrogens with zero attached hydrogens (tertiary/aromatic N) is 1. The topological polar surface area (TPSA) is 33.0 Å². The molecule has 0 amide bonds. The van der Waals surface area contributed by atoms with Crippen LogP contribution in [0.25, 0.3) is 0 Å². The molecular formula is C16H13F2NO. The standard InChI is InChI=1S/C16H13F2NO/c17-14-6-7-16(15(18)10-14)20-9-8-13(11-19)12-4-2-1-3-5-12/h1-7,10,13H,8-9H2. The van der Waals surface area contributed by atoms with Crippen LogP contribution in [-0.4, -0.2) is 6.61 Å². The summed E-state index contributed by atoms with van der Waals surface area (Å²) in [7, 11) is 0. The summed E-state index contributed by atoms with van der Waals surface area (Å²) in [6.45, 7) is 0.190. The van der Waals surface area contributed by atoms with Crippen molar-refractivity contribution in [2.75, 3.05) is 6.61 Å². The fraction of sp³-hybridized carbons (Fsp3) is 0.188. The lowest BCUT2D eigenvalue weighted by Crippen LogP contribution is -2.05. The Kier molecular flexibility index (Phi) is 4.67. The van der Waals surface area contributed by atoms with Gasteiger partial charge in [0.1, 0.15) is 5.82 Å². The molecule has 2 aromatic carbocycles. The van der Waals surface area contributed by atoms with Crippen molar-refractivity contribution in [2.45, 2.75) is 12.3 Å². The second kappa shape index (κ2) is 6.67. The second-order valence-corrected chi connectivity index (χ2v) is 4.30. The van der Waals surface area contributed by atoms with E-state index in [1.165, 1.54) is 6.07 Å². The Balaban J connectivity index is 1.93. The molecule has 4 heteroatoms. The van der Waals surface area contributed by atoms with Crippen LogP contribution in [0.1, 0.15) is 17.9 Å². The van der Waals surface area contributed by atoms with Crippen LogP contribution in [0.5, 0.6) is 5.75 Å². The molecule has 2 rings (SSSR count). The van der Waals surface area contributed by atoms with E-state index in [0.29, 0.717) is 6.42 Å². The number of hydrogen-bond acceptors (Lipinski definition) is 2. The highest BCUT2D eigenvalue weighted by molar-refractivity contribution is 5.26. The van der Waals surface area contributed by atoms with Crippen molar-refractivity contribution < 1.29 is 13.5 Å². The Morgan fingerprint density at radius 1 is 1.10 bits per heavy atom. The summed E-state index contributed by atoms with van der Waals surface area (Å²) in [6, 6.07) is 14.7. The Bertz CT molecular complexity index is 608. The van der Waals surface area contributed by atoms with Gasteiger partial charge in [-0.05, 0) is 17.7 Å². The third kappa shape index (κ3) is 3.55. The van der Waals surface area contributed by atoms with E-state index in [0.717, 1.165) is 17.7 Å². The molecule has 0 aliphatic carbocycles. The molecule has 0 spiro atoms.